The Bertz CT molecular complexity index is 367. The lowest BCUT2D eigenvalue weighted by Crippen LogP contribution is -2.25. The molecule has 1 rings (SSSR count). The van der Waals surface area contributed by atoms with Crippen molar-refractivity contribution in [3.63, 3.8) is 0 Å². The molecule has 1 unspecified atom stereocenters. The standard InChI is InChI=1S/C10H13N3O2/c1-7(11)6-8-4-3-5-9(13(8)2)10(14)12-15/h3-7H,11H2,1-2H3. The maximum absolute atomic E-state index is 11.1. The minimum Gasteiger partial charge on any atom is -0.340 e. The Balaban J connectivity index is 2.97. The molecule has 0 aromatic rings. The number of nitrogens with two attached hydrogens (primary N) is 1. The second-order valence-corrected chi connectivity index (χ2v) is 3.32. The van der Waals surface area contributed by atoms with Crippen molar-refractivity contribution in [3.8, 4) is 0 Å². The predicted molar refractivity (Wildman–Crippen MR) is 57.5 cm³/mol. The van der Waals surface area contributed by atoms with Gasteiger partial charge in [-0.1, -0.05) is 6.08 Å². The summed E-state index contributed by atoms with van der Waals surface area (Å²) in [5.41, 5.74) is 6.64. The number of hydrogen-bond donors (Lipinski definition) is 1. The number of hydrogen-bond acceptors (Lipinski definition) is 4. The third-order valence-corrected chi connectivity index (χ3v) is 2.01. The van der Waals surface area contributed by atoms with Gasteiger partial charge < -0.3 is 10.6 Å². The largest absolute Gasteiger partial charge is 0.340 e. The number of amides is 1. The van der Waals surface area contributed by atoms with E-state index in [2.05, 4.69) is 5.18 Å². The first-order valence-corrected chi connectivity index (χ1v) is 4.53. The molecule has 0 fully saturated rings. The molecule has 1 aliphatic heterocycles. The van der Waals surface area contributed by atoms with Gasteiger partial charge in [0.25, 0.3) is 0 Å². The molecule has 0 aromatic carbocycles. The Morgan fingerprint density at radius 2 is 2.33 bits per heavy atom. The molecule has 80 valence electrons. The van der Waals surface area contributed by atoms with Crippen molar-refractivity contribution in [2.45, 2.75) is 13.0 Å². The van der Waals surface area contributed by atoms with Crippen molar-refractivity contribution >= 4 is 5.91 Å². The quantitative estimate of drug-likeness (QED) is 0.682. The zero-order valence-corrected chi connectivity index (χ0v) is 8.68. The third-order valence-electron chi connectivity index (χ3n) is 2.01. The molecule has 0 saturated heterocycles. The smallest absolute Gasteiger partial charge is 0.333 e. The lowest BCUT2D eigenvalue weighted by molar-refractivity contribution is -0.115. The second-order valence-electron chi connectivity index (χ2n) is 3.32. The van der Waals surface area contributed by atoms with E-state index in [0.717, 1.165) is 5.70 Å². The van der Waals surface area contributed by atoms with Gasteiger partial charge in [0, 0.05) is 24.0 Å². The summed E-state index contributed by atoms with van der Waals surface area (Å²) in [6, 6.07) is -0.120. The van der Waals surface area contributed by atoms with Crippen LogP contribution in [0.25, 0.3) is 0 Å². The molecular weight excluding hydrogens is 194 g/mol. The number of likely N-dealkylation sites (N-methyl/N-ethyl adjacent to an activating group) is 1. The van der Waals surface area contributed by atoms with E-state index >= 15 is 0 Å². The van der Waals surface area contributed by atoms with Crippen LogP contribution in [0, 0.1) is 4.91 Å². The van der Waals surface area contributed by atoms with Crippen LogP contribution >= 0.6 is 0 Å². The van der Waals surface area contributed by atoms with Gasteiger partial charge in [0.15, 0.2) is 0 Å². The zero-order chi connectivity index (χ0) is 11.4. The topological polar surface area (TPSA) is 75.8 Å². The maximum Gasteiger partial charge on any atom is 0.333 e. The summed E-state index contributed by atoms with van der Waals surface area (Å²) in [5, 5.41) is 2.38. The highest BCUT2D eigenvalue weighted by atomic mass is 16.3. The molecular formula is C10H13N3O2. The molecule has 0 radical (unpaired) electrons. The fourth-order valence-corrected chi connectivity index (χ4v) is 1.30. The second kappa shape index (κ2) is 4.65. The summed E-state index contributed by atoms with van der Waals surface area (Å²) in [6.45, 7) is 1.83. The van der Waals surface area contributed by atoms with E-state index in [4.69, 9.17) is 5.73 Å². The summed E-state index contributed by atoms with van der Waals surface area (Å²) in [6.07, 6.45) is 6.83. The van der Waals surface area contributed by atoms with Gasteiger partial charge in [0.1, 0.15) is 5.70 Å². The molecule has 5 nitrogen and oxygen atoms in total. The zero-order valence-electron chi connectivity index (χ0n) is 8.68. The van der Waals surface area contributed by atoms with Crippen LogP contribution in [0.5, 0.6) is 0 Å². The Labute approximate surface area is 87.9 Å². The lowest BCUT2D eigenvalue weighted by atomic mass is 10.1. The molecule has 2 N–H and O–H groups in total. The highest BCUT2D eigenvalue weighted by molar-refractivity contribution is 5.94. The molecule has 0 bridgehead atoms. The van der Waals surface area contributed by atoms with E-state index in [0.29, 0.717) is 0 Å². The Kier molecular flexibility index (Phi) is 3.51. The van der Waals surface area contributed by atoms with Crippen LogP contribution in [0.3, 0.4) is 0 Å². The first kappa shape index (κ1) is 11.3. The summed E-state index contributed by atoms with van der Waals surface area (Å²) in [4.78, 5) is 22.9. The first-order valence-electron chi connectivity index (χ1n) is 4.53. The van der Waals surface area contributed by atoms with Crippen LogP contribution in [0.15, 0.2) is 40.9 Å². The lowest BCUT2D eigenvalue weighted by Gasteiger charge is -2.23. The van der Waals surface area contributed by atoms with Crippen molar-refractivity contribution in [2.24, 2.45) is 10.9 Å². The van der Waals surface area contributed by atoms with Gasteiger partial charge in [0.05, 0.1) is 0 Å². The third kappa shape index (κ3) is 2.60. The molecule has 1 atom stereocenters. The molecule has 1 amide bonds. The van der Waals surface area contributed by atoms with Crippen molar-refractivity contribution in [1.29, 1.82) is 0 Å². The number of carbonyl (C=O) groups excluding carboxylic acids is 1. The summed E-state index contributed by atoms with van der Waals surface area (Å²) < 4.78 is 0. The number of nitrogens with zero attached hydrogens (tertiary/aromatic N) is 2. The van der Waals surface area contributed by atoms with E-state index in [1.165, 1.54) is 0 Å². The number of allylic oxidation sites excluding steroid dienone is 3. The van der Waals surface area contributed by atoms with Crippen LogP contribution in [0.2, 0.25) is 0 Å². The number of rotatable bonds is 2. The van der Waals surface area contributed by atoms with Crippen molar-refractivity contribution in [3.05, 3.63) is 40.6 Å². The molecule has 1 heterocycles. The average molecular weight is 207 g/mol. The van der Waals surface area contributed by atoms with Gasteiger partial charge in [-0.2, -0.15) is 0 Å². The van der Waals surface area contributed by atoms with Crippen molar-refractivity contribution in [1.82, 2.24) is 4.90 Å². The maximum atomic E-state index is 11.1. The molecule has 0 aliphatic carbocycles. The number of carbonyl (C=O) groups is 1. The summed E-state index contributed by atoms with van der Waals surface area (Å²) in [7, 11) is 1.69. The van der Waals surface area contributed by atoms with Gasteiger partial charge in [0.2, 0.25) is 0 Å². The fraction of sp³-hybridized carbons (Fsp3) is 0.300. The van der Waals surface area contributed by atoms with Gasteiger partial charge in [-0.3, -0.25) is 4.79 Å². The van der Waals surface area contributed by atoms with E-state index in [-0.39, 0.29) is 11.7 Å². The summed E-state index contributed by atoms with van der Waals surface area (Å²) >= 11 is 0. The van der Waals surface area contributed by atoms with E-state index in [1.807, 2.05) is 13.0 Å². The van der Waals surface area contributed by atoms with E-state index in [9.17, 15) is 9.70 Å². The summed E-state index contributed by atoms with van der Waals surface area (Å²) in [5.74, 6) is -0.780. The fourth-order valence-electron chi connectivity index (χ4n) is 1.30. The molecule has 15 heavy (non-hydrogen) atoms. The SMILES string of the molecule is CC(N)C=C1C=CC=C(C(=O)N=O)N1C. The normalized spacial score (nSPS) is 20.1. The Morgan fingerprint density at radius 1 is 1.67 bits per heavy atom. The van der Waals surface area contributed by atoms with Gasteiger partial charge in [-0.25, -0.2) is 0 Å². The predicted octanol–water partition coefficient (Wildman–Crippen LogP) is 0.896. The number of nitroso groups, excluding NO2 is 1. The highest BCUT2D eigenvalue weighted by Gasteiger charge is 2.18. The van der Waals surface area contributed by atoms with Gasteiger partial charge in [-0.05, 0) is 25.2 Å². The van der Waals surface area contributed by atoms with Crippen LogP contribution in [0.4, 0.5) is 0 Å². The molecule has 0 aromatic heterocycles. The van der Waals surface area contributed by atoms with E-state index < -0.39 is 5.91 Å². The first-order chi connectivity index (χ1) is 7.06. The molecule has 0 spiro atoms. The van der Waals surface area contributed by atoms with Crippen molar-refractivity contribution in [2.75, 3.05) is 7.05 Å². The Morgan fingerprint density at radius 3 is 2.87 bits per heavy atom. The average Bonchev–Trinajstić information content (AvgIpc) is 2.19. The monoisotopic (exact) mass is 207 g/mol. The van der Waals surface area contributed by atoms with Gasteiger partial charge in [-0.15, -0.1) is 4.91 Å². The Hall–Kier alpha value is -1.75. The van der Waals surface area contributed by atoms with E-state index in [1.54, 1.807) is 30.2 Å². The molecule has 0 saturated carbocycles. The molecule has 5 heteroatoms. The van der Waals surface area contributed by atoms with Crippen LogP contribution < -0.4 is 5.73 Å². The minimum absolute atomic E-state index is 0.120. The highest BCUT2D eigenvalue weighted by Crippen LogP contribution is 2.18. The molecule has 1 aliphatic rings. The van der Waals surface area contributed by atoms with Gasteiger partial charge >= 0.3 is 5.91 Å². The van der Waals surface area contributed by atoms with Crippen LogP contribution in [-0.4, -0.2) is 23.9 Å². The van der Waals surface area contributed by atoms with Crippen LogP contribution in [0.1, 0.15) is 6.92 Å². The van der Waals surface area contributed by atoms with Crippen LogP contribution in [-0.2, 0) is 4.79 Å². The minimum atomic E-state index is -0.780. The van der Waals surface area contributed by atoms with Crippen molar-refractivity contribution < 1.29 is 4.79 Å².